The summed E-state index contributed by atoms with van der Waals surface area (Å²) in [6, 6.07) is 1.57. The van der Waals surface area contributed by atoms with Crippen LogP contribution in [0.15, 0.2) is 0 Å². The zero-order chi connectivity index (χ0) is 13.0. The highest BCUT2D eigenvalue weighted by Gasteiger charge is 2.26. The molecule has 0 saturated heterocycles. The zero-order valence-electron chi connectivity index (χ0n) is 12.8. The predicted molar refractivity (Wildman–Crippen MR) is 79.8 cm³/mol. The highest BCUT2D eigenvalue weighted by Crippen LogP contribution is 2.31. The average Bonchev–Trinajstić information content (AvgIpc) is 2.40. The summed E-state index contributed by atoms with van der Waals surface area (Å²) in [7, 11) is 0. The Kier molecular flexibility index (Phi) is 5.54. The van der Waals surface area contributed by atoms with Crippen molar-refractivity contribution in [2.24, 2.45) is 17.8 Å². The second-order valence-electron chi connectivity index (χ2n) is 7.21. The van der Waals surface area contributed by atoms with Gasteiger partial charge in [0, 0.05) is 12.1 Å². The van der Waals surface area contributed by atoms with Crippen molar-refractivity contribution < 1.29 is 0 Å². The van der Waals surface area contributed by atoms with Crippen LogP contribution in [0, 0.1) is 17.8 Å². The maximum Gasteiger partial charge on any atom is 0.00698 e. The Balaban J connectivity index is 1.70. The topological polar surface area (TPSA) is 12.0 Å². The number of nitrogens with one attached hydrogen (secondary N) is 1. The summed E-state index contributed by atoms with van der Waals surface area (Å²) in [6.45, 7) is 7.22. The molecule has 0 bridgehead atoms. The molecular weight excluding hydrogens is 218 g/mol. The summed E-state index contributed by atoms with van der Waals surface area (Å²) in [4.78, 5) is 0. The van der Waals surface area contributed by atoms with Gasteiger partial charge in [-0.2, -0.15) is 0 Å². The van der Waals surface area contributed by atoms with Crippen molar-refractivity contribution in [1.29, 1.82) is 0 Å². The van der Waals surface area contributed by atoms with Gasteiger partial charge in [-0.3, -0.25) is 0 Å². The normalized spacial score (nSPS) is 32.7. The first-order chi connectivity index (χ1) is 8.66. The fourth-order valence-corrected chi connectivity index (χ4v) is 4.09. The molecule has 2 aliphatic rings. The first kappa shape index (κ1) is 14.4. The van der Waals surface area contributed by atoms with Crippen molar-refractivity contribution in [3.05, 3.63) is 0 Å². The Morgan fingerprint density at radius 3 is 1.89 bits per heavy atom. The molecule has 0 unspecified atom stereocenters. The average molecular weight is 251 g/mol. The second-order valence-corrected chi connectivity index (χ2v) is 7.21. The number of hydrogen-bond donors (Lipinski definition) is 1. The van der Waals surface area contributed by atoms with E-state index < -0.39 is 0 Å². The maximum atomic E-state index is 3.95. The van der Waals surface area contributed by atoms with Crippen molar-refractivity contribution in [3.63, 3.8) is 0 Å². The van der Waals surface area contributed by atoms with Crippen LogP contribution in [-0.2, 0) is 0 Å². The standard InChI is InChI=1S/C17H33N/c1-13(2)15-9-11-17(12-10-15)18-14(3)16-7-5-4-6-8-16/h13-18H,4-12H2,1-3H3/t14-,15?,17?/m1/s1. The van der Waals surface area contributed by atoms with Gasteiger partial charge >= 0.3 is 0 Å². The monoisotopic (exact) mass is 251 g/mol. The Morgan fingerprint density at radius 2 is 1.33 bits per heavy atom. The third kappa shape index (κ3) is 3.98. The molecule has 2 aliphatic carbocycles. The van der Waals surface area contributed by atoms with Gasteiger partial charge < -0.3 is 5.32 Å². The molecule has 0 heterocycles. The van der Waals surface area contributed by atoms with Crippen molar-refractivity contribution in [3.8, 4) is 0 Å². The SMILES string of the molecule is CC(C)C1CCC(N[C@H](C)C2CCCCC2)CC1. The molecule has 0 radical (unpaired) electrons. The van der Waals surface area contributed by atoms with Crippen molar-refractivity contribution in [1.82, 2.24) is 5.32 Å². The third-order valence-corrected chi connectivity index (χ3v) is 5.57. The van der Waals surface area contributed by atoms with E-state index in [1.54, 1.807) is 0 Å². The number of hydrogen-bond acceptors (Lipinski definition) is 1. The first-order valence-corrected chi connectivity index (χ1v) is 8.43. The lowest BCUT2D eigenvalue weighted by Crippen LogP contribution is -2.43. The van der Waals surface area contributed by atoms with Gasteiger partial charge in [0.25, 0.3) is 0 Å². The van der Waals surface area contributed by atoms with E-state index in [0.29, 0.717) is 0 Å². The van der Waals surface area contributed by atoms with Gasteiger partial charge in [0.15, 0.2) is 0 Å². The lowest BCUT2D eigenvalue weighted by atomic mass is 9.78. The first-order valence-electron chi connectivity index (χ1n) is 8.43. The van der Waals surface area contributed by atoms with E-state index in [0.717, 1.165) is 29.8 Å². The van der Waals surface area contributed by atoms with Crippen LogP contribution in [0.4, 0.5) is 0 Å². The minimum Gasteiger partial charge on any atom is -0.311 e. The fourth-order valence-electron chi connectivity index (χ4n) is 4.09. The molecule has 2 rings (SSSR count). The van der Waals surface area contributed by atoms with Crippen LogP contribution >= 0.6 is 0 Å². The second kappa shape index (κ2) is 6.93. The van der Waals surface area contributed by atoms with Crippen LogP contribution in [0.1, 0.15) is 78.6 Å². The fraction of sp³-hybridized carbons (Fsp3) is 1.00. The summed E-state index contributed by atoms with van der Waals surface area (Å²) < 4.78 is 0. The summed E-state index contributed by atoms with van der Waals surface area (Å²) in [5.74, 6) is 2.84. The Bertz CT molecular complexity index is 222. The molecule has 0 amide bonds. The predicted octanol–water partition coefficient (Wildman–Crippen LogP) is 4.76. The molecule has 1 nitrogen and oxygen atoms in total. The Labute approximate surface area is 114 Å². The molecule has 0 aromatic rings. The van der Waals surface area contributed by atoms with Crippen LogP contribution in [-0.4, -0.2) is 12.1 Å². The minimum atomic E-state index is 0.755. The smallest absolute Gasteiger partial charge is 0.00698 e. The quantitative estimate of drug-likeness (QED) is 0.759. The van der Waals surface area contributed by atoms with Crippen LogP contribution in [0.5, 0.6) is 0 Å². The maximum absolute atomic E-state index is 3.95. The Hall–Kier alpha value is -0.0400. The number of rotatable bonds is 4. The highest BCUT2D eigenvalue weighted by molar-refractivity contribution is 4.83. The molecule has 0 spiro atoms. The molecule has 0 aliphatic heterocycles. The molecule has 2 fully saturated rings. The summed E-state index contributed by atoms with van der Waals surface area (Å²) in [5, 5.41) is 3.95. The van der Waals surface area contributed by atoms with E-state index in [9.17, 15) is 0 Å². The molecule has 2 saturated carbocycles. The largest absolute Gasteiger partial charge is 0.311 e. The van der Waals surface area contributed by atoms with E-state index in [1.165, 1.54) is 57.8 Å². The van der Waals surface area contributed by atoms with Crippen molar-refractivity contribution in [2.45, 2.75) is 90.6 Å². The van der Waals surface area contributed by atoms with Crippen molar-refractivity contribution >= 4 is 0 Å². The van der Waals surface area contributed by atoms with Crippen LogP contribution < -0.4 is 5.32 Å². The molecule has 1 N–H and O–H groups in total. The van der Waals surface area contributed by atoms with Gasteiger partial charge in [0.1, 0.15) is 0 Å². The van der Waals surface area contributed by atoms with Gasteiger partial charge in [-0.25, -0.2) is 0 Å². The van der Waals surface area contributed by atoms with E-state index in [2.05, 4.69) is 26.1 Å². The lowest BCUT2D eigenvalue weighted by molar-refractivity contribution is 0.202. The molecule has 1 heteroatoms. The van der Waals surface area contributed by atoms with E-state index >= 15 is 0 Å². The van der Waals surface area contributed by atoms with Gasteiger partial charge in [-0.1, -0.05) is 33.1 Å². The zero-order valence-corrected chi connectivity index (χ0v) is 12.8. The summed E-state index contributed by atoms with van der Waals surface area (Å²) >= 11 is 0. The molecule has 1 atom stereocenters. The van der Waals surface area contributed by atoms with Gasteiger partial charge in [-0.15, -0.1) is 0 Å². The molecule has 0 aromatic carbocycles. The van der Waals surface area contributed by atoms with Crippen LogP contribution in [0.25, 0.3) is 0 Å². The van der Waals surface area contributed by atoms with E-state index in [-0.39, 0.29) is 0 Å². The highest BCUT2D eigenvalue weighted by atomic mass is 15.0. The minimum absolute atomic E-state index is 0.755. The summed E-state index contributed by atoms with van der Waals surface area (Å²) in [6.07, 6.45) is 13.1. The third-order valence-electron chi connectivity index (χ3n) is 5.57. The molecule has 18 heavy (non-hydrogen) atoms. The molecule has 106 valence electrons. The lowest BCUT2D eigenvalue weighted by Gasteiger charge is -2.36. The van der Waals surface area contributed by atoms with Crippen LogP contribution in [0.2, 0.25) is 0 Å². The van der Waals surface area contributed by atoms with Crippen LogP contribution in [0.3, 0.4) is 0 Å². The van der Waals surface area contributed by atoms with E-state index in [4.69, 9.17) is 0 Å². The Morgan fingerprint density at radius 1 is 0.722 bits per heavy atom. The van der Waals surface area contributed by atoms with Gasteiger partial charge in [0.05, 0.1) is 0 Å². The van der Waals surface area contributed by atoms with Crippen molar-refractivity contribution in [2.75, 3.05) is 0 Å². The molecular formula is C17H33N. The van der Waals surface area contributed by atoms with E-state index in [1.807, 2.05) is 0 Å². The van der Waals surface area contributed by atoms with Gasteiger partial charge in [-0.05, 0) is 63.2 Å². The summed E-state index contributed by atoms with van der Waals surface area (Å²) in [5.41, 5.74) is 0. The molecule has 0 aromatic heterocycles. The van der Waals surface area contributed by atoms with Gasteiger partial charge in [0.2, 0.25) is 0 Å².